The molecule has 1 aliphatic rings. The van der Waals surface area contributed by atoms with Crippen LogP contribution in [0.2, 0.25) is 5.02 Å². The van der Waals surface area contributed by atoms with Crippen molar-refractivity contribution in [2.75, 3.05) is 13.1 Å². The van der Waals surface area contributed by atoms with Gasteiger partial charge in [0.15, 0.2) is 0 Å². The van der Waals surface area contributed by atoms with Crippen molar-refractivity contribution < 1.29 is 13.6 Å². The minimum absolute atomic E-state index is 0.139. The molecule has 128 valence electrons. The summed E-state index contributed by atoms with van der Waals surface area (Å²) in [5, 5.41) is 8.33. The van der Waals surface area contributed by atoms with Crippen molar-refractivity contribution in [3.8, 4) is 0 Å². The fourth-order valence-corrected chi connectivity index (χ4v) is 3.06. The molecule has 0 spiro atoms. The summed E-state index contributed by atoms with van der Waals surface area (Å²) < 4.78 is 18.8. The lowest BCUT2D eigenvalue weighted by atomic mass is 9.96. The summed E-state index contributed by atoms with van der Waals surface area (Å²) in [6.45, 7) is 5.17. The summed E-state index contributed by atoms with van der Waals surface area (Å²) in [6.07, 6.45) is 1.51. The van der Waals surface area contributed by atoms with Gasteiger partial charge in [0, 0.05) is 24.9 Å². The van der Waals surface area contributed by atoms with Crippen molar-refractivity contribution in [2.24, 2.45) is 0 Å². The second-order valence-corrected chi connectivity index (χ2v) is 6.73. The van der Waals surface area contributed by atoms with Crippen molar-refractivity contribution >= 4 is 17.5 Å². The van der Waals surface area contributed by atoms with Crippen LogP contribution in [0.4, 0.5) is 4.39 Å². The molecule has 0 N–H and O–H groups in total. The summed E-state index contributed by atoms with van der Waals surface area (Å²) in [4.78, 5) is 14.3. The summed E-state index contributed by atoms with van der Waals surface area (Å²) in [5.74, 6) is 1.03. The summed E-state index contributed by atoms with van der Waals surface area (Å²) in [6, 6.07) is 3.84. The van der Waals surface area contributed by atoms with Crippen molar-refractivity contribution in [3.63, 3.8) is 0 Å². The average Bonchev–Trinajstić information content (AvgIpc) is 3.05. The van der Waals surface area contributed by atoms with E-state index in [1.165, 1.54) is 12.1 Å². The van der Waals surface area contributed by atoms with E-state index in [1.54, 1.807) is 4.90 Å². The number of likely N-dealkylation sites (tertiary alicyclic amines) is 1. The Morgan fingerprint density at radius 2 is 2.04 bits per heavy atom. The van der Waals surface area contributed by atoms with E-state index < -0.39 is 5.82 Å². The number of nitrogens with zero attached hydrogens (tertiary/aromatic N) is 3. The van der Waals surface area contributed by atoms with E-state index in [1.807, 2.05) is 13.8 Å². The Morgan fingerprint density at radius 3 is 2.62 bits per heavy atom. The first-order valence-corrected chi connectivity index (χ1v) is 8.41. The molecule has 2 aromatic rings. The average molecular weight is 352 g/mol. The van der Waals surface area contributed by atoms with Gasteiger partial charge in [0.05, 0.1) is 10.6 Å². The van der Waals surface area contributed by atoms with Crippen LogP contribution in [0, 0.1) is 5.82 Å². The van der Waals surface area contributed by atoms with Gasteiger partial charge in [0.2, 0.25) is 11.8 Å². The highest BCUT2D eigenvalue weighted by Gasteiger charge is 2.28. The summed E-state index contributed by atoms with van der Waals surface area (Å²) in [7, 11) is 0. The smallest absolute Gasteiger partial charge is 0.255 e. The van der Waals surface area contributed by atoms with E-state index >= 15 is 0 Å². The molecule has 1 aliphatic heterocycles. The molecular formula is C17H19ClFN3O2. The number of rotatable bonds is 3. The van der Waals surface area contributed by atoms with Gasteiger partial charge in [-0.2, -0.15) is 0 Å². The maximum absolute atomic E-state index is 13.1. The quantitative estimate of drug-likeness (QED) is 0.838. The molecular weight excluding hydrogens is 333 g/mol. The topological polar surface area (TPSA) is 59.2 Å². The summed E-state index contributed by atoms with van der Waals surface area (Å²) >= 11 is 5.98. The molecule has 1 fully saturated rings. The van der Waals surface area contributed by atoms with Gasteiger partial charge in [-0.3, -0.25) is 4.79 Å². The largest absolute Gasteiger partial charge is 0.425 e. The van der Waals surface area contributed by atoms with E-state index in [2.05, 4.69) is 10.2 Å². The molecule has 0 aliphatic carbocycles. The molecule has 0 radical (unpaired) electrons. The third-order valence-electron chi connectivity index (χ3n) is 4.24. The zero-order chi connectivity index (χ0) is 17.3. The number of halogens is 2. The van der Waals surface area contributed by atoms with Crippen LogP contribution in [0.1, 0.15) is 60.7 Å². The Balaban J connectivity index is 1.64. The van der Waals surface area contributed by atoms with E-state index in [0.717, 1.165) is 18.9 Å². The number of hydrogen-bond acceptors (Lipinski definition) is 4. The zero-order valence-electron chi connectivity index (χ0n) is 13.6. The molecule has 5 nitrogen and oxygen atoms in total. The predicted molar refractivity (Wildman–Crippen MR) is 87.7 cm³/mol. The first-order chi connectivity index (χ1) is 11.5. The Kier molecular flexibility index (Phi) is 4.85. The molecule has 0 atom stereocenters. The first-order valence-electron chi connectivity index (χ1n) is 8.03. The lowest BCUT2D eigenvalue weighted by Gasteiger charge is -2.30. The Hall–Kier alpha value is -1.95. The minimum atomic E-state index is -0.451. The van der Waals surface area contributed by atoms with Gasteiger partial charge in [-0.05, 0) is 31.0 Å². The molecule has 1 amide bonds. The molecule has 1 aromatic heterocycles. The maximum atomic E-state index is 13.1. The minimum Gasteiger partial charge on any atom is -0.425 e. The predicted octanol–water partition coefficient (Wildman–Crippen LogP) is 4.01. The molecule has 3 rings (SSSR count). The molecule has 7 heteroatoms. The molecule has 1 saturated heterocycles. The third-order valence-corrected chi connectivity index (χ3v) is 4.56. The van der Waals surface area contributed by atoms with Gasteiger partial charge in [-0.25, -0.2) is 4.39 Å². The monoisotopic (exact) mass is 351 g/mol. The van der Waals surface area contributed by atoms with E-state index in [4.69, 9.17) is 16.0 Å². The Morgan fingerprint density at radius 1 is 1.33 bits per heavy atom. The fourth-order valence-electron chi connectivity index (χ4n) is 2.81. The molecule has 0 unspecified atom stereocenters. The van der Waals surface area contributed by atoms with Crippen molar-refractivity contribution in [1.82, 2.24) is 15.1 Å². The molecule has 0 bridgehead atoms. The van der Waals surface area contributed by atoms with Crippen LogP contribution in [0.15, 0.2) is 22.6 Å². The van der Waals surface area contributed by atoms with Gasteiger partial charge >= 0.3 is 0 Å². The second-order valence-electron chi connectivity index (χ2n) is 6.32. The number of carbonyl (C=O) groups is 1. The first kappa shape index (κ1) is 16.9. The van der Waals surface area contributed by atoms with E-state index in [9.17, 15) is 9.18 Å². The number of benzene rings is 1. The Bertz CT molecular complexity index is 739. The Labute approximate surface area is 144 Å². The molecule has 1 aromatic carbocycles. The maximum Gasteiger partial charge on any atom is 0.255 e. The van der Waals surface area contributed by atoms with E-state index in [0.29, 0.717) is 30.4 Å². The van der Waals surface area contributed by atoms with Gasteiger partial charge < -0.3 is 9.32 Å². The van der Waals surface area contributed by atoms with Gasteiger partial charge in [-0.15, -0.1) is 10.2 Å². The second kappa shape index (κ2) is 6.89. The number of amides is 1. The summed E-state index contributed by atoms with van der Waals surface area (Å²) in [5.41, 5.74) is 0.330. The number of piperidine rings is 1. The van der Waals surface area contributed by atoms with Crippen LogP contribution in [0.5, 0.6) is 0 Å². The van der Waals surface area contributed by atoms with Crippen LogP contribution in [0.3, 0.4) is 0 Å². The third kappa shape index (κ3) is 3.43. The van der Waals surface area contributed by atoms with Crippen molar-refractivity contribution in [1.29, 1.82) is 0 Å². The number of aromatic nitrogens is 2. The van der Waals surface area contributed by atoms with Crippen molar-refractivity contribution in [3.05, 3.63) is 46.4 Å². The standard InChI is InChI=1S/C17H19ClFN3O2/c1-10(2)15-20-21-16(24-15)11-5-7-22(8-6-11)17(23)13-4-3-12(19)9-14(13)18/h3-4,9-11H,5-8H2,1-2H3. The number of hydrogen-bond donors (Lipinski definition) is 0. The highest BCUT2D eigenvalue weighted by atomic mass is 35.5. The highest BCUT2D eigenvalue weighted by molar-refractivity contribution is 6.33. The lowest BCUT2D eigenvalue weighted by molar-refractivity contribution is 0.0706. The molecule has 0 saturated carbocycles. The molecule has 24 heavy (non-hydrogen) atoms. The molecule has 2 heterocycles. The van der Waals surface area contributed by atoms with Crippen LogP contribution in [-0.4, -0.2) is 34.1 Å². The number of carbonyl (C=O) groups excluding carboxylic acids is 1. The van der Waals surface area contributed by atoms with Crippen LogP contribution < -0.4 is 0 Å². The van der Waals surface area contributed by atoms with Gasteiger partial charge in [-0.1, -0.05) is 25.4 Å². The van der Waals surface area contributed by atoms with Gasteiger partial charge in [0.25, 0.3) is 5.91 Å². The van der Waals surface area contributed by atoms with Crippen molar-refractivity contribution in [2.45, 2.75) is 38.5 Å². The SMILES string of the molecule is CC(C)c1nnc(C2CCN(C(=O)c3ccc(F)cc3Cl)CC2)o1. The van der Waals surface area contributed by atoms with Gasteiger partial charge in [0.1, 0.15) is 5.82 Å². The fraction of sp³-hybridized carbons (Fsp3) is 0.471. The van der Waals surface area contributed by atoms with Crippen LogP contribution >= 0.6 is 11.6 Å². The zero-order valence-corrected chi connectivity index (χ0v) is 14.4. The van der Waals surface area contributed by atoms with E-state index in [-0.39, 0.29) is 22.8 Å². The van der Waals surface area contributed by atoms with Crippen LogP contribution in [0.25, 0.3) is 0 Å². The van der Waals surface area contributed by atoms with Crippen LogP contribution in [-0.2, 0) is 0 Å². The lowest BCUT2D eigenvalue weighted by Crippen LogP contribution is -2.38. The normalized spacial score (nSPS) is 16.0. The highest BCUT2D eigenvalue weighted by Crippen LogP contribution is 2.29.